The van der Waals surface area contributed by atoms with E-state index in [1.54, 1.807) is 0 Å². The van der Waals surface area contributed by atoms with Crippen LogP contribution in [0.1, 0.15) is 6.42 Å². The van der Waals surface area contributed by atoms with Gasteiger partial charge < -0.3 is 10.6 Å². The first kappa shape index (κ1) is 7.28. The van der Waals surface area contributed by atoms with E-state index in [2.05, 4.69) is 11.8 Å². The highest BCUT2D eigenvalue weighted by Crippen LogP contribution is 2.37. The Balaban J connectivity index is 1.66. The zero-order chi connectivity index (χ0) is 7.84. The largest absolute Gasteiger partial charge is 0.370 e. The molecule has 62 valence electrons. The second kappa shape index (κ2) is 2.59. The minimum atomic E-state index is 0.240. The van der Waals surface area contributed by atoms with Crippen LogP contribution in [0.25, 0.3) is 0 Å². The highest BCUT2D eigenvalue weighted by Gasteiger charge is 2.33. The van der Waals surface area contributed by atoms with E-state index in [1.165, 1.54) is 12.2 Å². The normalized spacial score (nSPS) is 29.8. The summed E-state index contributed by atoms with van der Waals surface area (Å²) in [5, 5.41) is 8.08. The van der Waals surface area contributed by atoms with Crippen LogP contribution in [0.15, 0.2) is 0 Å². The van der Waals surface area contributed by atoms with E-state index in [0.29, 0.717) is 0 Å². The van der Waals surface area contributed by atoms with E-state index in [9.17, 15) is 0 Å². The zero-order valence-electron chi connectivity index (χ0n) is 6.42. The van der Waals surface area contributed by atoms with Gasteiger partial charge in [0, 0.05) is 24.1 Å². The Morgan fingerprint density at radius 1 is 1.64 bits per heavy atom. The lowest BCUT2D eigenvalue weighted by atomic mass is 9.95. The Morgan fingerprint density at radius 3 is 2.73 bits per heavy atom. The molecule has 0 bridgehead atoms. The molecular weight excluding hydrogens is 158 g/mol. The lowest BCUT2D eigenvalue weighted by Gasteiger charge is -2.39. The molecule has 0 aromatic rings. The van der Waals surface area contributed by atoms with Crippen molar-refractivity contribution in [2.24, 2.45) is 11.7 Å². The summed E-state index contributed by atoms with van der Waals surface area (Å²) in [5.41, 5.74) is 5.31. The fourth-order valence-corrected chi connectivity index (χ4v) is 2.17. The molecule has 0 aromatic carbocycles. The fourth-order valence-electron chi connectivity index (χ4n) is 1.49. The molecule has 2 aliphatic rings. The molecule has 0 aromatic heterocycles. The summed E-state index contributed by atoms with van der Waals surface area (Å²) in [6.07, 6.45) is 1.34. The summed E-state index contributed by atoms with van der Waals surface area (Å²) in [7, 11) is 0. The predicted molar refractivity (Wildman–Crippen MR) is 47.8 cm³/mol. The van der Waals surface area contributed by atoms with E-state index in [0.717, 1.165) is 24.3 Å². The molecule has 11 heavy (non-hydrogen) atoms. The molecule has 2 heterocycles. The van der Waals surface area contributed by atoms with Crippen LogP contribution in [-0.2, 0) is 0 Å². The van der Waals surface area contributed by atoms with E-state index in [4.69, 9.17) is 11.1 Å². The quantitative estimate of drug-likeness (QED) is 0.357. The van der Waals surface area contributed by atoms with Crippen molar-refractivity contribution in [2.45, 2.75) is 11.7 Å². The average Bonchev–Trinajstić information content (AvgIpc) is 2.58. The number of guanidine groups is 1. The molecular formula is C7H13N3S. The maximum Gasteiger partial charge on any atom is 0.188 e. The van der Waals surface area contributed by atoms with Crippen LogP contribution >= 0.6 is 11.8 Å². The first-order chi connectivity index (χ1) is 5.25. The minimum absolute atomic E-state index is 0.240. The molecule has 3 nitrogen and oxygen atoms in total. The average molecular weight is 171 g/mol. The smallest absolute Gasteiger partial charge is 0.188 e. The molecule has 2 rings (SSSR count). The van der Waals surface area contributed by atoms with Crippen LogP contribution in [0, 0.1) is 11.3 Å². The predicted octanol–water partition coefficient (Wildman–Crippen LogP) is 0.317. The molecule has 0 saturated carbocycles. The van der Waals surface area contributed by atoms with Gasteiger partial charge in [0.05, 0.1) is 0 Å². The number of hydrogen-bond acceptors (Lipinski definition) is 2. The van der Waals surface area contributed by atoms with Gasteiger partial charge in [-0.1, -0.05) is 0 Å². The van der Waals surface area contributed by atoms with E-state index in [-0.39, 0.29) is 5.96 Å². The van der Waals surface area contributed by atoms with Gasteiger partial charge in [0.25, 0.3) is 0 Å². The van der Waals surface area contributed by atoms with Gasteiger partial charge in [-0.05, 0) is 12.3 Å². The minimum Gasteiger partial charge on any atom is -0.370 e. The maximum absolute atomic E-state index is 7.14. The summed E-state index contributed by atoms with van der Waals surface area (Å²) in [4.78, 5) is 1.93. The van der Waals surface area contributed by atoms with E-state index in [1.807, 2.05) is 4.90 Å². The summed E-state index contributed by atoms with van der Waals surface area (Å²) in [5.74, 6) is 2.42. The third-order valence-electron chi connectivity index (χ3n) is 2.30. The first-order valence-electron chi connectivity index (χ1n) is 3.96. The summed E-state index contributed by atoms with van der Waals surface area (Å²) < 4.78 is 0. The highest BCUT2D eigenvalue weighted by atomic mass is 32.2. The van der Waals surface area contributed by atoms with Gasteiger partial charge in [0.15, 0.2) is 5.96 Å². The molecule has 0 radical (unpaired) electrons. The lowest BCUT2D eigenvalue weighted by Crippen LogP contribution is -2.52. The molecule has 0 amide bonds. The third kappa shape index (κ3) is 1.61. The monoisotopic (exact) mass is 171 g/mol. The van der Waals surface area contributed by atoms with Crippen LogP contribution in [-0.4, -0.2) is 35.0 Å². The summed E-state index contributed by atoms with van der Waals surface area (Å²) in [6.45, 7) is 2.04. The number of nitrogens with zero attached hydrogens (tertiary/aromatic N) is 1. The SMILES string of the molecule is N=C(N)N1CC(C[C@@H]2CS2)C1. The zero-order valence-corrected chi connectivity index (χ0v) is 7.23. The van der Waals surface area contributed by atoms with E-state index < -0.39 is 0 Å². The molecule has 4 heteroatoms. The number of nitrogens with one attached hydrogen (secondary N) is 1. The van der Waals surface area contributed by atoms with Gasteiger partial charge in [0.2, 0.25) is 0 Å². The van der Waals surface area contributed by atoms with Crippen LogP contribution in [0.2, 0.25) is 0 Å². The van der Waals surface area contributed by atoms with Crippen molar-refractivity contribution >= 4 is 17.7 Å². The van der Waals surface area contributed by atoms with Crippen molar-refractivity contribution in [2.75, 3.05) is 18.8 Å². The lowest BCUT2D eigenvalue weighted by molar-refractivity contribution is 0.177. The topological polar surface area (TPSA) is 53.1 Å². The number of rotatable bonds is 2. The number of likely N-dealkylation sites (tertiary alicyclic amines) is 1. The second-order valence-electron chi connectivity index (χ2n) is 3.35. The molecule has 3 N–H and O–H groups in total. The van der Waals surface area contributed by atoms with Crippen LogP contribution < -0.4 is 5.73 Å². The first-order valence-corrected chi connectivity index (χ1v) is 5.01. The Labute approximate surface area is 70.8 Å². The van der Waals surface area contributed by atoms with Crippen molar-refractivity contribution < 1.29 is 0 Å². The van der Waals surface area contributed by atoms with Crippen molar-refractivity contribution in [1.82, 2.24) is 4.90 Å². The van der Waals surface area contributed by atoms with Crippen LogP contribution in [0.3, 0.4) is 0 Å². The molecule has 2 saturated heterocycles. The highest BCUT2D eigenvalue weighted by molar-refractivity contribution is 8.06. The van der Waals surface area contributed by atoms with Crippen LogP contribution in [0.5, 0.6) is 0 Å². The number of thioether (sulfide) groups is 1. The second-order valence-corrected chi connectivity index (χ2v) is 4.68. The Kier molecular flexibility index (Phi) is 1.71. The molecule has 1 atom stereocenters. The molecule has 0 unspecified atom stereocenters. The summed E-state index contributed by atoms with van der Waals surface area (Å²) >= 11 is 2.05. The van der Waals surface area contributed by atoms with Crippen molar-refractivity contribution in [3.05, 3.63) is 0 Å². The molecule has 2 aliphatic heterocycles. The number of nitrogens with two attached hydrogens (primary N) is 1. The Bertz CT molecular complexity index is 173. The van der Waals surface area contributed by atoms with Gasteiger partial charge in [-0.25, -0.2) is 0 Å². The molecule has 2 fully saturated rings. The van der Waals surface area contributed by atoms with Gasteiger partial charge >= 0.3 is 0 Å². The Morgan fingerprint density at radius 2 is 2.27 bits per heavy atom. The van der Waals surface area contributed by atoms with Crippen molar-refractivity contribution in [3.8, 4) is 0 Å². The van der Waals surface area contributed by atoms with Crippen molar-refractivity contribution in [1.29, 1.82) is 5.41 Å². The van der Waals surface area contributed by atoms with Gasteiger partial charge in [-0.2, -0.15) is 11.8 Å². The standard InChI is InChI=1S/C7H13N3S/c8-7(9)10-2-5(3-10)1-6-4-11-6/h5-6H,1-4H2,(H3,8,9)/t6-/m1/s1. The molecule has 0 spiro atoms. The van der Waals surface area contributed by atoms with Gasteiger partial charge in [0.1, 0.15) is 0 Å². The van der Waals surface area contributed by atoms with Gasteiger partial charge in [-0.3, -0.25) is 5.41 Å². The fraction of sp³-hybridized carbons (Fsp3) is 0.857. The molecule has 0 aliphatic carbocycles. The van der Waals surface area contributed by atoms with Crippen LogP contribution in [0.4, 0.5) is 0 Å². The number of hydrogen-bond donors (Lipinski definition) is 2. The van der Waals surface area contributed by atoms with E-state index >= 15 is 0 Å². The maximum atomic E-state index is 7.14. The Hall–Kier alpha value is -0.380. The van der Waals surface area contributed by atoms with Gasteiger partial charge in [-0.15, -0.1) is 0 Å². The van der Waals surface area contributed by atoms with Crippen molar-refractivity contribution in [3.63, 3.8) is 0 Å². The third-order valence-corrected chi connectivity index (χ3v) is 3.29. The summed E-state index contributed by atoms with van der Waals surface area (Å²) in [6, 6.07) is 0.